The van der Waals surface area contributed by atoms with Crippen molar-refractivity contribution in [2.45, 2.75) is 31.8 Å². The van der Waals surface area contributed by atoms with E-state index in [1.54, 1.807) is 12.1 Å². The molecule has 0 bridgehead atoms. The summed E-state index contributed by atoms with van der Waals surface area (Å²) in [6.07, 6.45) is 2.81. The van der Waals surface area contributed by atoms with Gasteiger partial charge in [0.15, 0.2) is 0 Å². The minimum absolute atomic E-state index is 0.0847. The second kappa shape index (κ2) is 7.57. The molecule has 0 heterocycles. The van der Waals surface area contributed by atoms with Gasteiger partial charge in [0, 0.05) is 25.7 Å². The molecule has 24 heavy (non-hydrogen) atoms. The maximum Gasteiger partial charge on any atom is 0.140 e. The predicted octanol–water partition coefficient (Wildman–Crippen LogP) is 3.57. The molecule has 0 saturated heterocycles. The summed E-state index contributed by atoms with van der Waals surface area (Å²) >= 11 is 0. The molecule has 0 amide bonds. The Hall–Kier alpha value is -2.22. The van der Waals surface area contributed by atoms with Gasteiger partial charge in [-0.2, -0.15) is 5.26 Å². The Bertz CT molecular complexity index is 754. The molecule has 4 heteroatoms. The van der Waals surface area contributed by atoms with Gasteiger partial charge in [0.05, 0.1) is 5.56 Å². The lowest BCUT2D eigenvalue weighted by molar-refractivity contribution is 0.166. The molecule has 2 aromatic carbocycles. The van der Waals surface area contributed by atoms with Gasteiger partial charge < -0.3 is 5.11 Å². The second-order valence-electron chi connectivity index (χ2n) is 6.23. The van der Waals surface area contributed by atoms with Crippen LogP contribution in [0.4, 0.5) is 4.39 Å². The van der Waals surface area contributed by atoms with E-state index in [-0.39, 0.29) is 12.2 Å². The second-order valence-corrected chi connectivity index (χ2v) is 6.23. The van der Waals surface area contributed by atoms with Crippen LogP contribution in [0.1, 0.15) is 41.1 Å². The number of hydrogen-bond acceptors (Lipinski definition) is 3. The highest BCUT2D eigenvalue weighted by atomic mass is 19.1. The zero-order valence-corrected chi connectivity index (χ0v) is 13.6. The normalized spacial score (nSPS) is 16.2. The van der Waals surface area contributed by atoms with E-state index in [9.17, 15) is 9.50 Å². The number of aliphatic hydroxyl groups excluding tert-OH is 1. The van der Waals surface area contributed by atoms with Crippen molar-refractivity contribution in [3.05, 3.63) is 70.5 Å². The molecule has 2 aromatic rings. The highest BCUT2D eigenvalue weighted by Gasteiger charge is 2.27. The van der Waals surface area contributed by atoms with Gasteiger partial charge in [0.25, 0.3) is 0 Å². The molecule has 1 atom stereocenters. The van der Waals surface area contributed by atoms with Crippen molar-refractivity contribution in [1.29, 1.82) is 5.26 Å². The van der Waals surface area contributed by atoms with E-state index < -0.39 is 5.82 Å². The average Bonchev–Trinajstić information content (AvgIpc) is 3.04. The van der Waals surface area contributed by atoms with E-state index >= 15 is 0 Å². The van der Waals surface area contributed by atoms with Gasteiger partial charge in [-0.25, -0.2) is 4.39 Å². The summed E-state index contributed by atoms with van der Waals surface area (Å²) in [7, 11) is 0. The number of rotatable bonds is 6. The molecule has 1 aliphatic rings. The number of fused-ring (bicyclic) bond motifs is 1. The molecule has 0 spiro atoms. The van der Waals surface area contributed by atoms with Crippen molar-refractivity contribution in [2.75, 3.05) is 13.2 Å². The largest absolute Gasteiger partial charge is 0.396 e. The lowest BCUT2D eigenvalue weighted by Crippen LogP contribution is -2.29. The zero-order valence-electron chi connectivity index (χ0n) is 13.6. The number of hydrogen-bond donors (Lipinski definition) is 1. The SMILES string of the molecule is N#Cc1cc(CN(CCCO)C2CCc3ccccc32)ccc1F. The van der Waals surface area contributed by atoms with Crippen LogP contribution in [0.15, 0.2) is 42.5 Å². The Morgan fingerprint density at radius 1 is 1.25 bits per heavy atom. The third kappa shape index (κ3) is 3.48. The molecule has 0 radical (unpaired) electrons. The van der Waals surface area contributed by atoms with Gasteiger partial charge in [0.2, 0.25) is 0 Å². The summed E-state index contributed by atoms with van der Waals surface area (Å²) in [5, 5.41) is 18.2. The van der Waals surface area contributed by atoms with Crippen molar-refractivity contribution in [1.82, 2.24) is 4.90 Å². The maximum atomic E-state index is 13.5. The molecule has 3 nitrogen and oxygen atoms in total. The van der Waals surface area contributed by atoms with Crippen molar-refractivity contribution in [3.63, 3.8) is 0 Å². The third-order valence-corrected chi connectivity index (χ3v) is 4.68. The lowest BCUT2D eigenvalue weighted by atomic mass is 10.0. The minimum Gasteiger partial charge on any atom is -0.396 e. The van der Waals surface area contributed by atoms with Crippen LogP contribution in [0.3, 0.4) is 0 Å². The minimum atomic E-state index is -0.477. The van der Waals surface area contributed by atoms with Crippen LogP contribution >= 0.6 is 0 Å². The highest BCUT2D eigenvalue weighted by molar-refractivity contribution is 5.36. The quantitative estimate of drug-likeness (QED) is 0.883. The first-order valence-electron chi connectivity index (χ1n) is 8.34. The van der Waals surface area contributed by atoms with Gasteiger partial charge in [-0.3, -0.25) is 4.90 Å². The Balaban J connectivity index is 1.84. The summed E-state index contributed by atoms with van der Waals surface area (Å²) in [5.74, 6) is -0.477. The summed E-state index contributed by atoms with van der Waals surface area (Å²) < 4.78 is 13.5. The molecule has 0 fully saturated rings. The van der Waals surface area contributed by atoms with E-state index in [2.05, 4.69) is 29.2 Å². The molecule has 0 saturated carbocycles. The van der Waals surface area contributed by atoms with Crippen LogP contribution in [-0.4, -0.2) is 23.2 Å². The number of nitriles is 1. The smallest absolute Gasteiger partial charge is 0.140 e. The van der Waals surface area contributed by atoms with Gasteiger partial charge in [-0.1, -0.05) is 30.3 Å². The van der Waals surface area contributed by atoms with Gasteiger partial charge >= 0.3 is 0 Å². The van der Waals surface area contributed by atoms with Crippen LogP contribution < -0.4 is 0 Å². The molecular weight excluding hydrogens is 303 g/mol. The summed E-state index contributed by atoms with van der Waals surface area (Å²) in [6.45, 7) is 1.57. The molecule has 0 aliphatic heterocycles. The molecule has 124 valence electrons. The molecular formula is C20H21FN2O. The molecule has 1 N–H and O–H groups in total. The fourth-order valence-corrected chi connectivity index (χ4v) is 3.52. The number of aliphatic hydroxyl groups is 1. The van der Waals surface area contributed by atoms with Crippen LogP contribution in [-0.2, 0) is 13.0 Å². The summed E-state index contributed by atoms with van der Waals surface area (Å²) in [6, 6.07) is 15.4. The van der Waals surface area contributed by atoms with Crippen molar-refractivity contribution in [3.8, 4) is 6.07 Å². The Labute approximate surface area is 142 Å². The van der Waals surface area contributed by atoms with E-state index in [1.807, 2.05) is 6.07 Å². The fourth-order valence-electron chi connectivity index (χ4n) is 3.52. The van der Waals surface area contributed by atoms with Crippen molar-refractivity contribution < 1.29 is 9.50 Å². The number of benzene rings is 2. The topological polar surface area (TPSA) is 47.3 Å². The number of nitrogens with zero attached hydrogens (tertiary/aromatic N) is 2. The van der Waals surface area contributed by atoms with Crippen LogP contribution in [0.2, 0.25) is 0 Å². The Morgan fingerprint density at radius 3 is 2.88 bits per heavy atom. The van der Waals surface area contributed by atoms with Crippen LogP contribution in [0.5, 0.6) is 0 Å². The van der Waals surface area contributed by atoms with Gasteiger partial charge in [0.1, 0.15) is 11.9 Å². The van der Waals surface area contributed by atoms with Gasteiger partial charge in [-0.05, 0) is 48.1 Å². The molecule has 1 aliphatic carbocycles. The first-order valence-corrected chi connectivity index (χ1v) is 8.34. The van der Waals surface area contributed by atoms with Crippen LogP contribution in [0.25, 0.3) is 0 Å². The highest BCUT2D eigenvalue weighted by Crippen LogP contribution is 2.36. The fraction of sp³-hybridized carbons (Fsp3) is 0.350. The monoisotopic (exact) mass is 324 g/mol. The molecule has 3 rings (SSSR count). The van der Waals surface area contributed by atoms with E-state index in [0.29, 0.717) is 19.0 Å². The van der Waals surface area contributed by atoms with Crippen LogP contribution in [0, 0.1) is 17.1 Å². The Kier molecular flexibility index (Phi) is 5.24. The molecule has 0 aromatic heterocycles. The maximum absolute atomic E-state index is 13.5. The van der Waals surface area contributed by atoms with Crippen molar-refractivity contribution >= 4 is 0 Å². The predicted molar refractivity (Wildman–Crippen MR) is 90.7 cm³/mol. The average molecular weight is 324 g/mol. The Morgan fingerprint density at radius 2 is 2.08 bits per heavy atom. The number of halogens is 1. The standard InChI is InChI=1S/C20H21FN2O/c21-19-8-6-15(12-17(19)13-22)14-23(10-3-11-24)20-9-7-16-4-1-2-5-18(16)20/h1-2,4-6,8,12,20,24H,3,7,9-11,14H2. The first-order chi connectivity index (χ1) is 11.7. The third-order valence-electron chi connectivity index (χ3n) is 4.68. The summed E-state index contributed by atoms with van der Waals surface area (Å²) in [4.78, 5) is 2.33. The molecule has 1 unspecified atom stereocenters. The van der Waals surface area contributed by atoms with E-state index in [0.717, 1.165) is 24.9 Å². The number of aryl methyl sites for hydroxylation is 1. The summed E-state index contributed by atoms with van der Waals surface area (Å²) in [5.41, 5.74) is 3.74. The zero-order chi connectivity index (χ0) is 16.9. The van der Waals surface area contributed by atoms with Crippen molar-refractivity contribution in [2.24, 2.45) is 0 Å². The first kappa shape index (κ1) is 16.6. The lowest BCUT2D eigenvalue weighted by Gasteiger charge is -2.29. The van der Waals surface area contributed by atoms with E-state index in [1.165, 1.54) is 17.2 Å². The van der Waals surface area contributed by atoms with Gasteiger partial charge in [-0.15, -0.1) is 0 Å². The van der Waals surface area contributed by atoms with E-state index in [4.69, 9.17) is 5.26 Å².